The summed E-state index contributed by atoms with van der Waals surface area (Å²) in [6, 6.07) is 13.7. The molecule has 3 aromatic rings. The van der Waals surface area contributed by atoms with Gasteiger partial charge in [-0.1, -0.05) is 36.4 Å². The summed E-state index contributed by atoms with van der Waals surface area (Å²) in [7, 11) is 0. The van der Waals surface area contributed by atoms with E-state index in [1.54, 1.807) is 18.6 Å². The maximum absolute atomic E-state index is 12.5. The number of carbonyl (C=O) groups excluding carboxylic acids is 1. The molecule has 1 amide bonds. The zero-order valence-electron chi connectivity index (χ0n) is 13.8. The molecule has 0 saturated carbocycles. The Morgan fingerprint density at radius 1 is 1.15 bits per heavy atom. The number of nitrogens with zero attached hydrogens (tertiary/aromatic N) is 2. The number of rotatable bonds is 7. The standard InChI is InChI=1S/C19H17F2N3O2/c20-19(21)26-17-7-2-1-6-16(17)18(25)23-11-14-4-3-5-15(10-14)12-24-9-8-22-13-24/h1-10,13,19H,11-12H2,(H,23,25). The van der Waals surface area contributed by atoms with Crippen LogP contribution in [0.15, 0.2) is 67.3 Å². The number of halogens is 2. The Kier molecular flexibility index (Phi) is 5.58. The highest BCUT2D eigenvalue weighted by atomic mass is 19.3. The Hall–Kier alpha value is -3.22. The van der Waals surface area contributed by atoms with E-state index in [0.717, 1.165) is 11.1 Å². The van der Waals surface area contributed by atoms with Crippen LogP contribution in [-0.2, 0) is 13.1 Å². The number of alkyl halides is 2. The summed E-state index contributed by atoms with van der Waals surface area (Å²) in [5, 5.41) is 2.73. The number of ether oxygens (including phenoxy) is 1. The molecule has 1 aromatic heterocycles. The Balaban J connectivity index is 1.65. The largest absolute Gasteiger partial charge is 0.434 e. The number of aromatic nitrogens is 2. The summed E-state index contributed by atoms with van der Waals surface area (Å²) in [5.74, 6) is -0.616. The molecule has 0 radical (unpaired) electrons. The maximum Gasteiger partial charge on any atom is 0.387 e. The molecule has 0 atom stereocenters. The minimum absolute atomic E-state index is 0.0716. The second-order valence-electron chi connectivity index (χ2n) is 5.61. The zero-order valence-corrected chi connectivity index (χ0v) is 13.8. The number of imidazole rings is 1. The van der Waals surface area contributed by atoms with E-state index in [9.17, 15) is 13.6 Å². The Morgan fingerprint density at radius 2 is 1.96 bits per heavy atom. The number of hydrogen-bond acceptors (Lipinski definition) is 3. The van der Waals surface area contributed by atoms with E-state index < -0.39 is 12.5 Å². The number of benzene rings is 2. The van der Waals surface area contributed by atoms with Crippen molar-refractivity contribution in [1.82, 2.24) is 14.9 Å². The van der Waals surface area contributed by atoms with E-state index in [2.05, 4.69) is 15.0 Å². The summed E-state index contributed by atoms with van der Waals surface area (Å²) >= 11 is 0. The molecule has 0 aliphatic rings. The fourth-order valence-corrected chi connectivity index (χ4v) is 2.56. The van der Waals surface area contributed by atoms with Crippen molar-refractivity contribution in [2.75, 3.05) is 0 Å². The minimum atomic E-state index is -2.98. The van der Waals surface area contributed by atoms with Crippen LogP contribution in [0.1, 0.15) is 21.5 Å². The predicted octanol–water partition coefficient (Wildman–Crippen LogP) is 3.46. The lowest BCUT2D eigenvalue weighted by Crippen LogP contribution is -2.24. The van der Waals surface area contributed by atoms with Gasteiger partial charge in [-0.25, -0.2) is 4.98 Å². The van der Waals surface area contributed by atoms with Gasteiger partial charge in [-0.2, -0.15) is 8.78 Å². The summed E-state index contributed by atoms with van der Waals surface area (Å²) in [6.45, 7) is -2.03. The molecule has 0 saturated heterocycles. The van der Waals surface area contributed by atoms with Gasteiger partial charge < -0.3 is 14.6 Å². The van der Waals surface area contributed by atoms with Crippen molar-refractivity contribution in [2.45, 2.75) is 19.7 Å². The van der Waals surface area contributed by atoms with Crippen LogP contribution < -0.4 is 10.1 Å². The molecular formula is C19H17F2N3O2. The SMILES string of the molecule is O=C(NCc1cccc(Cn2ccnc2)c1)c1ccccc1OC(F)F. The molecule has 0 fully saturated rings. The van der Waals surface area contributed by atoms with Crippen LogP contribution >= 0.6 is 0 Å². The van der Waals surface area contributed by atoms with Crippen LogP contribution in [0.5, 0.6) is 5.75 Å². The molecule has 7 heteroatoms. The van der Waals surface area contributed by atoms with Gasteiger partial charge in [-0.3, -0.25) is 4.79 Å². The minimum Gasteiger partial charge on any atom is -0.434 e. The molecule has 3 rings (SSSR count). The average molecular weight is 357 g/mol. The number of hydrogen-bond donors (Lipinski definition) is 1. The first-order chi connectivity index (χ1) is 12.6. The lowest BCUT2D eigenvalue weighted by molar-refractivity contribution is -0.0501. The van der Waals surface area contributed by atoms with Gasteiger partial charge in [0.05, 0.1) is 11.9 Å². The molecule has 0 aliphatic heterocycles. The molecule has 1 heterocycles. The monoisotopic (exact) mass is 357 g/mol. The first kappa shape index (κ1) is 17.6. The first-order valence-corrected chi connectivity index (χ1v) is 7.97. The second kappa shape index (κ2) is 8.24. The molecule has 0 unspecified atom stereocenters. The van der Waals surface area contributed by atoms with Crippen molar-refractivity contribution >= 4 is 5.91 Å². The number of carbonyl (C=O) groups is 1. The van der Waals surface area contributed by atoms with Gasteiger partial charge in [-0.15, -0.1) is 0 Å². The summed E-state index contributed by atoms with van der Waals surface area (Å²) in [6.07, 6.45) is 5.31. The zero-order chi connectivity index (χ0) is 18.4. The second-order valence-corrected chi connectivity index (χ2v) is 5.61. The smallest absolute Gasteiger partial charge is 0.387 e. The molecule has 26 heavy (non-hydrogen) atoms. The third kappa shape index (κ3) is 4.66. The van der Waals surface area contributed by atoms with Crippen LogP contribution in [0.2, 0.25) is 0 Å². The summed E-state index contributed by atoms with van der Waals surface area (Å²) < 4.78 is 31.2. The molecule has 0 aliphatic carbocycles. The van der Waals surface area contributed by atoms with E-state index >= 15 is 0 Å². The highest BCUT2D eigenvalue weighted by molar-refractivity contribution is 5.96. The fraction of sp³-hybridized carbons (Fsp3) is 0.158. The van der Waals surface area contributed by atoms with E-state index in [-0.39, 0.29) is 17.9 Å². The van der Waals surface area contributed by atoms with Crippen LogP contribution in [0, 0.1) is 0 Å². The maximum atomic E-state index is 12.5. The van der Waals surface area contributed by atoms with Crippen molar-refractivity contribution in [2.24, 2.45) is 0 Å². The Bertz CT molecular complexity index is 867. The Morgan fingerprint density at radius 3 is 2.73 bits per heavy atom. The summed E-state index contributed by atoms with van der Waals surface area (Å²) in [5.41, 5.74) is 2.04. The highest BCUT2D eigenvalue weighted by Crippen LogP contribution is 2.20. The highest BCUT2D eigenvalue weighted by Gasteiger charge is 2.15. The molecule has 0 bridgehead atoms. The van der Waals surface area contributed by atoms with Gasteiger partial charge >= 0.3 is 6.61 Å². The van der Waals surface area contributed by atoms with Crippen molar-refractivity contribution in [1.29, 1.82) is 0 Å². The van der Waals surface area contributed by atoms with E-state index in [4.69, 9.17) is 0 Å². The van der Waals surface area contributed by atoms with E-state index in [1.165, 1.54) is 18.2 Å². The van der Waals surface area contributed by atoms with Crippen molar-refractivity contribution in [3.8, 4) is 5.75 Å². The lowest BCUT2D eigenvalue weighted by atomic mass is 10.1. The van der Waals surface area contributed by atoms with Crippen molar-refractivity contribution in [3.05, 3.63) is 83.9 Å². The van der Waals surface area contributed by atoms with Gasteiger partial charge in [-0.05, 0) is 23.3 Å². The van der Waals surface area contributed by atoms with Crippen LogP contribution in [0.3, 0.4) is 0 Å². The lowest BCUT2D eigenvalue weighted by Gasteiger charge is -2.11. The van der Waals surface area contributed by atoms with Gasteiger partial charge in [0.1, 0.15) is 5.75 Å². The third-order valence-electron chi connectivity index (χ3n) is 3.72. The van der Waals surface area contributed by atoms with Gasteiger partial charge in [0, 0.05) is 25.5 Å². The van der Waals surface area contributed by atoms with Crippen LogP contribution in [-0.4, -0.2) is 22.1 Å². The van der Waals surface area contributed by atoms with E-state index in [0.29, 0.717) is 6.54 Å². The van der Waals surface area contributed by atoms with Crippen molar-refractivity contribution < 1.29 is 18.3 Å². The number of para-hydroxylation sites is 1. The number of nitrogens with one attached hydrogen (secondary N) is 1. The molecule has 5 nitrogen and oxygen atoms in total. The molecular weight excluding hydrogens is 340 g/mol. The predicted molar refractivity (Wildman–Crippen MR) is 92.0 cm³/mol. The molecule has 0 spiro atoms. The third-order valence-corrected chi connectivity index (χ3v) is 3.72. The van der Waals surface area contributed by atoms with Gasteiger partial charge in [0.2, 0.25) is 0 Å². The van der Waals surface area contributed by atoms with Crippen LogP contribution in [0.25, 0.3) is 0 Å². The molecule has 2 aromatic carbocycles. The topological polar surface area (TPSA) is 56.2 Å². The molecule has 134 valence electrons. The quantitative estimate of drug-likeness (QED) is 0.705. The Labute approximate surface area is 149 Å². The summed E-state index contributed by atoms with van der Waals surface area (Å²) in [4.78, 5) is 16.3. The average Bonchev–Trinajstić information content (AvgIpc) is 3.13. The fourth-order valence-electron chi connectivity index (χ4n) is 2.56. The van der Waals surface area contributed by atoms with Gasteiger partial charge in [0.25, 0.3) is 5.91 Å². The van der Waals surface area contributed by atoms with Crippen LogP contribution in [0.4, 0.5) is 8.78 Å². The normalized spacial score (nSPS) is 10.7. The number of amides is 1. The molecule has 1 N–H and O–H groups in total. The van der Waals surface area contributed by atoms with E-state index in [1.807, 2.05) is 35.0 Å². The van der Waals surface area contributed by atoms with Crippen molar-refractivity contribution in [3.63, 3.8) is 0 Å². The van der Waals surface area contributed by atoms with Gasteiger partial charge in [0.15, 0.2) is 0 Å². The first-order valence-electron chi connectivity index (χ1n) is 7.97.